The van der Waals surface area contributed by atoms with Gasteiger partial charge in [-0.15, -0.1) is 0 Å². The molecule has 0 unspecified atom stereocenters. The van der Waals surface area contributed by atoms with Crippen LogP contribution in [0.4, 0.5) is 5.69 Å². The Bertz CT molecular complexity index is 802. The maximum absolute atomic E-state index is 3.73. The van der Waals surface area contributed by atoms with E-state index in [2.05, 4.69) is 85.9 Å². The summed E-state index contributed by atoms with van der Waals surface area (Å²) in [6.07, 6.45) is 0. The highest BCUT2D eigenvalue weighted by molar-refractivity contribution is 5.93. The van der Waals surface area contributed by atoms with Crippen molar-refractivity contribution in [3.05, 3.63) is 77.9 Å². The van der Waals surface area contributed by atoms with Crippen molar-refractivity contribution in [1.29, 1.82) is 0 Å². The lowest BCUT2D eigenvalue weighted by Gasteiger charge is -2.28. The van der Waals surface area contributed by atoms with E-state index in [0.717, 1.165) is 0 Å². The number of benzene rings is 3. The quantitative estimate of drug-likeness (QED) is 0.635. The summed E-state index contributed by atoms with van der Waals surface area (Å²) >= 11 is 0. The molecule has 0 spiro atoms. The second-order valence-corrected chi connectivity index (χ2v) is 6.42. The van der Waals surface area contributed by atoms with Crippen molar-refractivity contribution in [1.82, 2.24) is 0 Å². The molecule has 104 valence electrons. The van der Waals surface area contributed by atoms with Gasteiger partial charge < -0.3 is 5.32 Å². The summed E-state index contributed by atoms with van der Waals surface area (Å²) in [6, 6.07) is 24.2. The third kappa shape index (κ3) is 1.77. The Balaban J connectivity index is 1.94. The van der Waals surface area contributed by atoms with Crippen molar-refractivity contribution < 1.29 is 0 Å². The van der Waals surface area contributed by atoms with Gasteiger partial charge in [0.25, 0.3) is 0 Å². The zero-order valence-electron chi connectivity index (χ0n) is 12.4. The van der Waals surface area contributed by atoms with Crippen LogP contribution in [-0.2, 0) is 5.41 Å². The zero-order chi connectivity index (χ0) is 14.4. The van der Waals surface area contributed by atoms with Crippen LogP contribution in [0, 0.1) is 0 Å². The standard InChI is InChI=1S/C20H19N/c1-20(2)18-16-11-7-6-8-14(16)12-13-17(18)21-19(20)15-9-4-3-5-10-15/h3-13,19,21H,1-2H3/t19-/m1/s1. The first kappa shape index (κ1) is 12.5. The van der Waals surface area contributed by atoms with E-state index in [-0.39, 0.29) is 5.41 Å². The third-order valence-electron chi connectivity index (χ3n) is 4.73. The molecule has 21 heavy (non-hydrogen) atoms. The second kappa shape index (κ2) is 4.36. The minimum Gasteiger partial charge on any atom is -0.377 e. The van der Waals surface area contributed by atoms with E-state index in [0.29, 0.717) is 6.04 Å². The van der Waals surface area contributed by atoms with E-state index in [1.54, 1.807) is 0 Å². The summed E-state index contributed by atoms with van der Waals surface area (Å²) in [5.41, 5.74) is 4.13. The van der Waals surface area contributed by atoms with E-state index in [1.165, 1.54) is 27.6 Å². The lowest BCUT2D eigenvalue weighted by molar-refractivity contribution is 0.477. The van der Waals surface area contributed by atoms with Gasteiger partial charge in [-0.3, -0.25) is 0 Å². The SMILES string of the molecule is CC1(C)c2c(ccc3ccccc23)N[C@@H]1c1ccccc1. The Morgan fingerprint density at radius 3 is 2.33 bits per heavy atom. The van der Waals surface area contributed by atoms with Crippen molar-refractivity contribution in [2.24, 2.45) is 0 Å². The predicted octanol–water partition coefficient (Wildman–Crippen LogP) is 5.28. The largest absolute Gasteiger partial charge is 0.377 e. The molecular weight excluding hydrogens is 254 g/mol. The van der Waals surface area contributed by atoms with Crippen LogP contribution in [0.1, 0.15) is 31.0 Å². The van der Waals surface area contributed by atoms with E-state index in [4.69, 9.17) is 0 Å². The first-order chi connectivity index (χ1) is 10.2. The van der Waals surface area contributed by atoms with E-state index >= 15 is 0 Å². The van der Waals surface area contributed by atoms with Gasteiger partial charge in [0.05, 0.1) is 6.04 Å². The number of fused-ring (bicyclic) bond motifs is 3. The molecule has 0 saturated carbocycles. The summed E-state index contributed by atoms with van der Waals surface area (Å²) in [5, 5.41) is 6.42. The maximum atomic E-state index is 3.73. The van der Waals surface area contributed by atoms with Crippen LogP contribution in [0.2, 0.25) is 0 Å². The molecule has 1 heterocycles. The van der Waals surface area contributed by atoms with E-state index in [9.17, 15) is 0 Å². The van der Waals surface area contributed by atoms with Crippen molar-refractivity contribution in [2.75, 3.05) is 5.32 Å². The maximum Gasteiger partial charge on any atom is 0.0606 e. The van der Waals surface area contributed by atoms with Gasteiger partial charge in [0.2, 0.25) is 0 Å². The zero-order valence-corrected chi connectivity index (χ0v) is 12.4. The third-order valence-corrected chi connectivity index (χ3v) is 4.73. The fourth-order valence-corrected chi connectivity index (χ4v) is 3.71. The first-order valence-corrected chi connectivity index (χ1v) is 7.51. The molecule has 0 fully saturated rings. The first-order valence-electron chi connectivity index (χ1n) is 7.51. The Morgan fingerprint density at radius 2 is 1.52 bits per heavy atom. The summed E-state index contributed by atoms with van der Waals surface area (Å²) in [4.78, 5) is 0. The van der Waals surface area contributed by atoms with E-state index < -0.39 is 0 Å². The van der Waals surface area contributed by atoms with Gasteiger partial charge in [-0.25, -0.2) is 0 Å². The molecule has 3 aromatic rings. The molecule has 0 radical (unpaired) electrons. The fraction of sp³-hybridized carbons (Fsp3) is 0.200. The van der Waals surface area contributed by atoms with Crippen molar-refractivity contribution in [2.45, 2.75) is 25.3 Å². The molecule has 1 nitrogen and oxygen atoms in total. The molecule has 0 saturated heterocycles. The fourth-order valence-electron chi connectivity index (χ4n) is 3.71. The van der Waals surface area contributed by atoms with Crippen molar-refractivity contribution >= 4 is 16.5 Å². The Kier molecular flexibility index (Phi) is 2.58. The predicted molar refractivity (Wildman–Crippen MR) is 89.8 cm³/mol. The lowest BCUT2D eigenvalue weighted by atomic mass is 9.76. The van der Waals surface area contributed by atoms with Crippen LogP contribution in [0.15, 0.2) is 66.7 Å². The van der Waals surface area contributed by atoms with Gasteiger partial charge in [0.15, 0.2) is 0 Å². The molecule has 0 bridgehead atoms. The molecule has 4 rings (SSSR count). The molecule has 0 aliphatic carbocycles. The smallest absolute Gasteiger partial charge is 0.0606 e. The molecule has 1 aliphatic heterocycles. The van der Waals surface area contributed by atoms with Crippen molar-refractivity contribution in [3.8, 4) is 0 Å². The van der Waals surface area contributed by atoms with Crippen molar-refractivity contribution in [3.63, 3.8) is 0 Å². The normalized spacial score (nSPS) is 19.2. The van der Waals surface area contributed by atoms with Gasteiger partial charge in [-0.1, -0.05) is 74.5 Å². The van der Waals surface area contributed by atoms with Crippen LogP contribution in [0.5, 0.6) is 0 Å². The lowest BCUT2D eigenvalue weighted by Crippen LogP contribution is -2.25. The number of hydrogen-bond acceptors (Lipinski definition) is 1. The number of rotatable bonds is 1. The number of nitrogens with one attached hydrogen (secondary N) is 1. The van der Waals surface area contributed by atoms with Gasteiger partial charge in [-0.2, -0.15) is 0 Å². The minimum absolute atomic E-state index is 0.0670. The van der Waals surface area contributed by atoms with Gasteiger partial charge >= 0.3 is 0 Å². The minimum atomic E-state index is 0.0670. The number of anilines is 1. The van der Waals surface area contributed by atoms with Crippen LogP contribution in [0.25, 0.3) is 10.8 Å². The monoisotopic (exact) mass is 273 g/mol. The average molecular weight is 273 g/mol. The van der Waals surface area contributed by atoms with Crippen LogP contribution >= 0.6 is 0 Å². The van der Waals surface area contributed by atoms with Crippen LogP contribution in [0.3, 0.4) is 0 Å². The highest BCUT2D eigenvalue weighted by Crippen LogP contribution is 2.50. The average Bonchev–Trinajstić information content (AvgIpc) is 2.80. The highest BCUT2D eigenvalue weighted by atomic mass is 15.0. The molecule has 3 aromatic carbocycles. The molecule has 0 aromatic heterocycles. The van der Waals surface area contributed by atoms with Gasteiger partial charge in [-0.05, 0) is 28.0 Å². The summed E-state index contributed by atoms with van der Waals surface area (Å²) in [7, 11) is 0. The van der Waals surface area contributed by atoms with Gasteiger partial charge in [0, 0.05) is 11.1 Å². The highest BCUT2D eigenvalue weighted by Gasteiger charge is 2.41. The molecule has 1 aliphatic rings. The van der Waals surface area contributed by atoms with Crippen LogP contribution < -0.4 is 5.32 Å². The summed E-state index contributed by atoms with van der Waals surface area (Å²) in [5.74, 6) is 0. The Hall–Kier alpha value is -2.28. The summed E-state index contributed by atoms with van der Waals surface area (Å²) < 4.78 is 0. The molecule has 1 N–H and O–H groups in total. The topological polar surface area (TPSA) is 12.0 Å². The Morgan fingerprint density at radius 1 is 0.810 bits per heavy atom. The second-order valence-electron chi connectivity index (χ2n) is 6.42. The van der Waals surface area contributed by atoms with Gasteiger partial charge in [0.1, 0.15) is 0 Å². The van der Waals surface area contributed by atoms with Crippen LogP contribution in [-0.4, -0.2) is 0 Å². The molecule has 1 atom stereocenters. The molecule has 1 heteroatoms. The molecular formula is C20H19N. The number of hydrogen-bond donors (Lipinski definition) is 1. The molecule has 0 amide bonds. The Labute approximate surface area is 125 Å². The van der Waals surface area contributed by atoms with E-state index in [1.807, 2.05) is 0 Å². The summed E-state index contributed by atoms with van der Waals surface area (Å²) in [6.45, 7) is 4.69.